The molecule has 2 N–H and O–H groups in total. The molecule has 0 unspecified atom stereocenters. The van der Waals surface area contributed by atoms with E-state index in [2.05, 4.69) is 0 Å². The molecule has 2 aromatic carbocycles. The number of nitro groups is 2. The van der Waals surface area contributed by atoms with Crippen molar-refractivity contribution in [3.63, 3.8) is 0 Å². The molecular formula is C16H17N3O5. The molecule has 126 valence electrons. The third-order valence-electron chi connectivity index (χ3n) is 3.45. The Balaban J connectivity index is 2.12. The Hall–Kier alpha value is -3.00. The number of hydrogen-bond acceptors (Lipinski definition) is 6. The maximum atomic E-state index is 10.9. The Labute approximate surface area is 138 Å². The highest BCUT2D eigenvalue weighted by atomic mass is 16.6. The molecule has 8 nitrogen and oxygen atoms in total. The Bertz CT molecular complexity index is 731. The Morgan fingerprint density at radius 2 is 1.58 bits per heavy atom. The van der Waals surface area contributed by atoms with Gasteiger partial charge in [0, 0.05) is 29.8 Å². The van der Waals surface area contributed by atoms with Crippen molar-refractivity contribution in [2.24, 2.45) is 5.73 Å². The van der Waals surface area contributed by atoms with Gasteiger partial charge in [0.2, 0.25) is 0 Å². The first-order valence-corrected chi connectivity index (χ1v) is 7.35. The van der Waals surface area contributed by atoms with Crippen molar-refractivity contribution < 1.29 is 14.6 Å². The quantitative estimate of drug-likeness (QED) is 0.586. The van der Waals surface area contributed by atoms with E-state index < -0.39 is 9.85 Å². The summed E-state index contributed by atoms with van der Waals surface area (Å²) >= 11 is 0. The van der Waals surface area contributed by atoms with Gasteiger partial charge < -0.3 is 10.5 Å². The second kappa shape index (κ2) is 8.02. The fourth-order valence-corrected chi connectivity index (χ4v) is 2.18. The van der Waals surface area contributed by atoms with E-state index in [1.54, 1.807) is 18.2 Å². The molecule has 0 heterocycles. The largest absolute Gasteiger partial charge is 0.489 e. The molecule has 8 heteroatoms. The lowest BCUT2D eigenvalue weighted by molar-refractivity contribution is -0.385. The summed E-state index contributed by atoms with van der Waals surface area (Å²) in [5.41, 5.74) is 7.00. The van der Waals surface area contributed by atoms with Gasteiger partial charge in [-0.05, 0) is 43.1 Å². The van der Waals surface area contributed by atoms with Gasteiger partial charge in [-0.15, -0.1) is 0 Å². The van der Waals surface area contributed by atoms with Gasteiger partial charge in [-0.3, -0.25) is 20.2 Å². The van der Waals surface area contributed by atoms with E-state index >= 15 is 0 Å². The number of rotatable bonds is 8. The Morgan fingerprint density at radius 1 is 0.958 bits per heavy atom. The van der Waals surface area contributed by atoms with Crippen molar-refractivity contribution in [3.05, 3.63) is 73.8 Å². The summed E-state index contributed by atoms with van der Waals surface area (Å²) in [4.78, 5) is 20.6. The predicted octanol–water partition coefficient (Wildman–Crippen LogP) is 2.97. The van der Waals surface area contributed by atoms with Crippen molar-refractivity contribution in [3.8, 4) is 5.75 Å². The van der Waals surface area contributed by atoms with Crippen LogP contribution < -0.4 is 10.5 Å². The summed E-state index contributed by atoms with van der Waals surface area (Å²) in [6.07, 6.45) is 1.27. The van der Waals surface area contributed by atoms with E-state index in [0.29, 0.717) is 25.1 Å². The van der Waals surface area contributed by atoms with Crippen molar-refractivity contribution in [2.45, 2.75) is 19.4 Å². The van der Waals surface area contributed by atoms with Gasteiger partial charge in [0.05, 0.1) is 9.85 Å². The topological polar surface area (TPSA) is 122 Å². The highest BCUT2D eigenvalue weighted by Gasteiger charge is 2.12. The van der Waals surface area contributed by atoms with Crippen LogP contribution in [-0.2, 0) is 13.0 Å². The zero-order valence-electron chi connectivity index (χ0n) is 12.9. The summed E-state index contributed by atoms with van der Waals surface area (Å²) in [7, 11) is 0. The molecule has 0 fully saturated rings. The zero-order chi connectivity index (χ0) is 17.5. The maximum Gasteiger partial charge on any atom is 0.269 e. The normalized spacial score (nSPS) is 10.4. The molecule has 0 aliphatic rings. The van der Waals surface area contributed by atoms with Gasteiger partial charge in [0.15, 0.2) is 0 Å². The first kappa shape index (κ1) is 17.4. The molecule has 0 aromatic heterocycles. The molecule has 0 spiro atoms. The van der Waals surface area contributed by atoms with Gasteiger partial charge in [0.1, 0.15) is 12.4 Å². The van der Waals surface area contributed by atoms with E-state index in [1.165, 1.54) is 24.3 Å². The van der Waals surface area contributed by atoms with Crippen LogP contribution in [0.1, 0.15) is 17.5 Å². The number of benzene rings is 2. The molecule has 0 amide bonds. The van der Waals surface area contributed by atoms with Crippen LogP contribution in [0.3, 0.4) is 0 Å². The lowest BCUT2D eigenvalue weighted by Gasteiger charge is -2.11. The van der Waals surface area contributed by atoms with E-state index in [0.717, 1.165) is 11.1 Å². The first-order chi connectivity index (χ1) is 11.5. The van der Waals surface area contributed by atoms with Crippen LogP contribution in [0.15, 0.2) is 42.5 Å². The monoisotopic (exact) mass is 331 g/mol. The Kier molecular flexibility index (Phi) is 5.80. The average molecular weight is 331 g/mol. The van der Waals surface area contributed by atoms with Crippen LogP contribution in [-0.4, -0.2) is 16.4 Å². The SMILES string of the molecule is NCCCc1cc([N+](=O)[O-])ccc1OCc1ccc([N+](=O)[O-])cc1. The Morgan fingerprint density at radius 3 is 2.17 bits per heavy atom. The van der Waals surface area contributed by atoms with Crippen molar-refractivity contribution in [1.82, 2.24) is 0 Å². The molecule has 24 heavy (non-hydrogen) atoms. The van der Waals surface area contributed by atoms with Gasteiger partial charge in [-0.1, -0.05) is 0 Å². The van der Waals surface area contributed by atoms with Crippen LogP contribution in [0.5, 0.6) is 5.75 Å². The summed E-state index contributed by atoms with van der Waals surface area (Å²) in [5, 5.41) is 21.5. The minimum atomic E-state index is -0.466. The van der Waals surface area contributed by atoms with Gasteiger partial charge in [-0.2, -0.15) is 0 Å². The van der Waals surface area contributed by atoms with Crippen LogP contribution in [0.4, 0.5) is 11.4 Å². The van der Waals surface area contributed by atoms with Crippen LogP contribution in [0.25, 0.3) is 0 Å². The molecule has 0 bridgehead atoms. The minimum absolute atomic E-state index is 0.00436. The summed E-state index contributed by atoms with van der Waals surface area (Å²) < 4.78 is 5.72. The van der Waals surface area contributed by atoms with E-state index in [1.807, 2.05) is 0 Å². The summed E-state index contributed by atoms with van der Waals surface area (Å²) in [6.45, 7) is 0.690. The summed E-state index contributed by atoms with van der Waals surface area (Å²) in [5.74, 6) is 0.549. The molecule has 0 atom stereocenters. The second-order valence-corrected chi connectivity index (χ2v) is 5.15. The first-order valence-electron chi connectivity index (χ1n) is 7.35. The van der Waals surface area contributed by atoms with Crippen molar-refractivity contribution >= 4 is 11.4 Å². The lowest BCUT2D eigenvalue weighted by Crippen LogP contribution is -2.04. The molecule has 0 aliphatic carbocycles. The third kappa shape index (κ3) is 4.50. The fourth-order valence-electron chi connectivity index (χ4n) is 2.18. The third-order valence-corrected chi connectivity index (χ3v) is 3.45. The van der Waals surface area contributed by atoms with Crippen molar-refractivity contribution in [1.29, 1.82) is 0 Å². The predicted molar refractivity (Wildman–Crippen MR) is 87.9 cm³/mol. The van der Waals surface area contributed by atoms with Crippen LogP contribution in [0.2, 0.25) is 0 Å². The molecule has 0 radical (unpaired) electrons. The van der Waals surface area contributed by atoms with Crippen LogP contribution in [0, 0.1) is 20.2 Å². The standard InChI is InChI=1S/C16H17N3O5/c17-9-1-2-13-10-15(19(22)23)7-8-16(13)24-11-12-3-5-14(6-4-12)18(20)21/h3-8,10H,1-2,9,11,17H2. The number of aryl methyl sites for hydroxylation is 1. The highest BCUT2D eigenvalue weighted by molar-refractivity contribution is 5.44. The number of nitrogens with zero attached hydrogens (tertiary/aromatic N) is 2. The van der Waals surface area contributed by atoms with Crippen molar-refractivity contribution in [2.75, 3.05) is 6.54 Å². The number of hydrogen-bond donors (Lipinski definition) is 1. The molecule has 0 saturated heterocycles. The maximum absolute atomic E-state index is 10.9. The lowest BCUT2D eigenvalue weighted by atomic mass is 10.1. The van der Waals surface area contributed by atoms with Crippen LogP contribution >= 0.6 is 0 Å². The number of non-ortho nitro benzene ring substituents is 2. The van der Waals surface area contributed by atoms with E-state index in [4.69, 9.17) is 10.5 Å². The fraction of sp³-hybridized carbons (Fsp3) is 0.250. The number of nitrogens with two attached hydrogens (primary N) is 1. The second-order valence-electron chi connectivity index (χ2n) is 5.15. The van der Waals surface area contributed by atoms with Gasteiger partial charge in [-0.25, -0.2) is 0 Å². The molecule has 0 saturated carbocycles. The highest BCUT2D eigenvalue weighted by Crippen LogP contribution is 2.26. The minimum Gasteiger partial charge on any atom is -0.489 e. The number of ether oxygens (including phenoxy) is 1. The van der Waals surface area contributed by atoms with E-state index in [9.17, 15) is 20.2 Å². The molecule has 0 aliphatic heterocycles. The van der Waals surface area contributed by atoms with E-state index in [-0.39, 0.29) is 18.0 Å². The summed E-state index contributed by atoms with van der Waals surface area (Å²) in [6, 6.07) is 10.5. The molecule has 2 rings (SSSR count). The van der Waals surface area contributed by atoms with Gasteiger partial charge >= 0.3 is 0 Å². The smallest absolute Gasteiger partial charge is 0.269 e. The zero-order valence-corrected chi connectivity index (χ0v) is 12.9. The van der Waals surface area contributed by atoms with Gasteiger partial charge in [0.25, 0.3) is 11.4 Å². The molecular weight excluding hydrogens is 314 g/mol. The molecule has 2 aromatic rings. The number of nitro benzene ring substituents is 2. The average Bonchev–Trinajstić information content (AvgIpc) is 2.58.